The normalized spacial score (nSPS) is 24.6. The molecule has 0 bridgehead atoms. The van der Waals surface area contributed by atoms with Gasteiger partial charge in [-0.3, -0.25) is 19.1 Å². The third kappa shape index (κ3) is 3.76. The average molecular weight is 468 g/mol. The first-order chi connectivity index (χ1) is 16.1. The Hall–Kier alpha value is -3.24. The van der Waals surface area contributed by atoms with Crippen LogP contribution in [0, 0.1) is 6.92 Å². The maximum atomic E-state index is 13.2. The number of ether oxygens (including phenoxy) is 1. The molecule has 5 rings (SSSR count). The van der Waals surface area contributed by atoms with Gasteiger partial charge in [-0.05, 0) is 44.9 Å². The van der Waals surface area contributed by atoms with Gasteiger partial charge in [-0.2, -0.15) is 0 Å². The van der Waals surface area contributed by atoms with Gasteiger partial charge >= 0.3 is 5.69 Å². The van der Waals surface area contributed by atoms with Crippen LogP contribution < -0.4 is 11.2 Å². The average Bonchev–Trinajstić information content (AvgIpc) is 3.09. The van der Waals surface area contributed by atoms with Crippen molar-refractivity contribution >= 4 is 16.9 Å². The van der Waals surface area contributed by atoms with Gasteiger partial charge in [-0.15, -0.1) is 0 Å². The molecule has 2 aliphatic heterocycles. The SMILES string of the molecule is Cc1nc2cc(C(=O)N3CCC4(CC3)C[C@H](n3ccc(=O)[nH]c3=O)[C@@](C)(O)CO4)ccc2n1C. The first-order valence-electron chi connectivity index (χ1n) is 11.5. The van der Waals surface area contributed by atoms with E-state index in [0.717, 1.165) is 16.9 Å². The molecule has 4 heterocycles. The summed E-state index contributed by atoms with van der Waals surface area (Å²) in [6.07, 6.45) is 3.02. The Bertz CT molecular complexity index is 1380. The van der Waals surface area contributed by atoms with E-state index in [9.17, 15) is 19.5 Å². The lowest BCUT2D eigenvalue weighted by molar-refractivity contribution is -0.199. The van der Waals surface area contributed by atoms with Crippen molar-refractivity contribution in [3.63, 3.8) is 0 Å². The number of likely N-dealkylation sites (tertiary alicyclic amines) is 1. The number of hydrogen-bond acceptors (Lipinski definition) is 6. The number of imidazole rings is 1. The van der Waals surface area contributed by atoms with E-state index in [4.69, 9.17) is 4.74 Å². The molecule has 2 aliphatic rings. The van der Waals surface area contributed by atoms with Gasteiger partial charge in [0.15, 0.2) is 0 Å². The van der Waals surface area contributed by atoms with Gasteiger partial charge in [-0.25, -0.2) is 9.78 Å². The van der Waals surface area contributed by atoms with Crippen LogP contribution in [0.5, 0.6) is 0 Å². The summed E-state index contributed by atoms with van der Waals surface area (Å²) in [7, 11) is 1.95. The molecule has 2 saturated heterocycles. The highest BCUT2D eigenvalue weighted by Gasteiger charge is 2.49. The molecule has 180 valence electrons. The summed E-state index contributed by atoms with van der Waals surface area (Å²) in [5.74, 6) is 0.845. The molecule has 1 aromatic carbocycles. The number of H-pyrrole nitrogens is 1. The Morgan fingerprint density at radius 3 is 2.68 bits per heavy atom. The number of aryl methyl sites for hydroxylation is 2. The number of benzene rings is 1. The molecule has 2 fully saturated rings. The summed E-state index contributed by atoms with van der Waals surface area (Å²) < 4.78 is 9.53. The van der Waals surface area contributed by atoms with E-state index in [1.54, 1.807) is 6.92 Å². The summed E-state index contributed by atoms with van der Waals surface area (Å²) in [5.41, 5.74) is -0.468. The van der Waals surface area contributed by atoms with Gasteiger partial charge in [-0.1, -0.05) is 0 Å². The number of aromatic nitrogens is 4. The zero-order valence-electron chi connectivity index (χ0n) is 19.6. The van der Waals surface area contributed by atoms with Gasteiger partial charge in [0.05, 0.1) is 29.3 Å². The number of aromatic amines is 1. The molecule has 0 aliphatic carbocycles. The van der Waals surface area contributed by atoms with E-state index >= 15 is 0 Å². The lowest BCUT2D eigenvalue weighted by Gasteiger charge is -2.51. The first-order valence-corrected chi connectivity index (χ1v) is 11.5. The number of carbonyl (C=O) groups is 1. The second-order valence-corrected chi connectivity index (χ2v) is 9.78. The van der Waals surface area contributed by atoms with Crippen molar-refractivity contribution in [1.82, 2.24) is 24.0 Å². The van der Waals surface area contributed by atoms with Crippen LogP contribution in [0.3, 0.4) is 0 Å². The highest BCUT2D eigenvalue weighted by molar-refractivity contribution is 5.97. The molecule has 10 nitrogen and oxygen atoms in total. The molecule has 1 spiro atoms. The quantitative estimate of drug-likeness (QED) is 0.582. The maximum absolute atomic E-state index is 13.2. The lowest BCUT2D eigenvalue weighted by atomic mass is 9.77. The first kappa shape index (κ1) is 22.5. The van der Waals surface area contributed by atoms with Crippen molar-refractivity contribution in [3.8, 4) is 0 Å². The van der Waals surface area contributed by atoms with Crippen molar-refractivity contribution in [1.29, 1.82) is 0 Å². The summed E-state index contributed by atoms with van der Waals surface area (Å²) in [6, 6.07) is 6.32. The molecule has 10 heteroatoms. The molecular formula is C24H29N5O5. The fraction of sp³-hybridized carbons (Fsp3) is 0.500. The molecule has 2 atom stereocenters. The fourth-order valence-corrected chi connectivity index (χ4v) is 5.20. The minimum Gasteiger partial charge on any atom is -0.386 e. The summed E-state index contributed by atoms with van der Waals surface area (Å²) in [5, 5.41) is 10.9. The van der Waals surface area contributed by atoms with Crippen LogP contribution in [-0.4, -0.2) is 65.9 Å². The van der Waals surface area contributed by atoms with E-state index in [1.807, 2.05) is 41.6 Å². The molecule has 2 aromatic heterocycles. The van der Waals surface area contributed by atoms with Gasteiger partial charge in [0.25, 0.3) is 11.5 Å². The Morgan fingerprint density at radius 1 is 1.24 bits per heavy atom. The van der Waals surface area contributed by atoms with Gasteiger partial charge < -0.3 is 19.3 Å². The smallest absolute Gasteiger partial charge is 0.328 e. The third-order valence-corrected chi connectivity index (χ3v) is 7.45. The molecule has 0 unspecified atom stereocenters. The molecule has 0 saturated carbocycles. The predicted octanol–water partition coefficient (Wildman–Crippen LogP) is 1.12. The molecule has 2 N–H and O–H groups in total. The maximum Gasteiger partial charge on any atom is 0.328 e. The van der Waals surface area contributed by atoms with E-state index in [1.165, 1.54) is 16.8 Å². The third-order valence-electron chi connectivity index (χ3n) is 7.45. The van der Waals surface area contributed by atoms with Crippen molar-refractivity contribution in [3.05, 3.63) is 62.7 Å². The van der Waals surface area contributed by atoms with Gasteiger partial charge in [0.1, 0.15) is 11.4 Å². The number of piperidine rings is 1. The molecule has 0 radical (unpaired) electrons. The van der Waals surface area contributed by atoms with Crippen molar-refractivity contribution in [2.45, 2.75) is 50.4 Å². The zero-order chi connectivity index (χ0) is 24.3. The number of nitrogens with one attached hydrogen (secondary N) is 1. The lowest BCUT2D eigenvalue weighted by Crippen LogP contribution is -2.58. The minimum absolute atomic E-state index is 0.0451. The fourth-order valence-electron chi connectivity index (χ4n) is 5.20. The standard InChI is InChI=1S/C24H29N5O5/c1-15-25-17-12-16(4-5-18(17)27(15)3)21(31)28-10-7-24(8-11-28)13-19(23(2,33)14-34-24)29-9-6-20(30)26-22(29)32/h4-6,9,12,19,33H,7-8,10-11,13-14H2,1-3H3,(H,26,30,32)/t19-,23-/m0/s1. The van der Waals surface area contributed by atoms with Crippen LogP contribution in [-0.2, 0) is 11.8 Å². The predicted molar refractivity (Wildman–Crippen MR) is 125 cm³/mol. The second-order valence-electron chi connectivity index (χ2n) is 9.78. The van der Waals surface area contributed by atoms with Crippen LogP contribution in [0.1, 0.15) is 48.4 Å². The number of aliphatic hydroxyl groups is 1. The van der Waals surface area contributed by atoms with Crippen LogP contribution in [0.2, 0.25) is 0 Å². The molecule has 3 aromatic rings. The van der Waals surface area contributed by atoms with Crippen LogP contribution in [0.25, 0.3) is 11.0 Å². The van der Waals surface area contributed by atoms with Crippen LogP contribution in [0.15, 0.2) is 40.1 Å². The van der Waals surface area contributed by atoms with Crippen LogP contribution >= 0.6 is 0 Å². The number of nitrogens with zero attached hydrogens (tertiary/aromatic N) is 4. The number of rotatable bonds is 2. The number of carbonyl (C=O) groups excluding carboxylic acids is 1. The Kier molecular flexibility index (Phi) is 5.25. The Labute approximate surface area is 195 Å². The zero-order valence-corrected chi connectivity index (χ0v) is 19.6. The summed E-state index contributed by atoms with van der Waals surface area (Å²) >= 11 is 0. The number of amides is 1. The largest absolute Gasteiger partial charge is 0.386 e. The topological polar surface area (TPSA) is 122 Å². The highest BCUT2D eigenvalue weighted by Crippen LogP contribution is 2.43. The van der Waals surface area contributed by atoms with Crippen molar-refractivity contribution in [2.24, 2.45) is 7.05 Å². The van der Waals surface area contributed by atoms with E-state index < -0.39 is 28.5 Å². The minimum atomic E-state index is -1.27. The Balaban J connectivity index is 1.33. The van der Waals surface area contributed by atoms with Gasteiger partial charge in [0, 0.05) is 44.4 Å². The van der Waals surface area contributed by atoms with E-state index in [0.29, 0.717) is 37.9 Å². The number of hydrogen-bond donors (Lipinski definition) is 2. The Morgan fingerprint density at radius 2 is 1.97 bits per heavy atom. The second kappa shape index (κ2) is 7.92. The monoisotopic (exact) mass is 467 g/mol. The van der Waals surface area contributed by atoms with E-state index in [-0.39, 0.29) is 12.5 Å². The molecule has 1 amide bonds. The highest BCUT2D eigenvalue weighted by atomic mass is 16.5. The summed E-state index contributed by atoms with van der Waals surface area (Å²) in [6.45, 7) is 4.64. The van der Waals surface area contributed by atoms with E-state index in [2.05, 4.69) is 9.97 Å². The van der Waals surface area contributed by atoms with Crippen molar-refractivity contribution in [2.75, 3.05) is 19.7 Å². The summed E-state index contributed by atoms with van der Waals surface area (Å²) in [4.78, 5) is 45.7. The number of fused-ring (bicyclic) bond motifs is 1. The van der Waals surface area contributed by atoms with Crippen LogP contribution in [0.4, 0.5) is 0 Å². The molecular weight excluding hydrogens is 438 g/mol. The van der Waals surface area contributed by atoms with Gasteiger partial charge in [0.2, 0.25) is 0 Å². The van der Waals surface area contributed by atoms with Crippen molar-refractivity contribution < 1.29 is 14.6 Å². The molecule has 34 heavy (non-hydrogen) atoms.